The van der Waals surface area contributed by atoms with Crippen molar-refractivity contribution >= 4 is 18.0 Å². The van der Waals surface area contributed by atoms with Gasteiger partial charge in [0, 0.05) is 52.2 Å². The molecule has 0 aliphatic carbocycles. The molecule has 2 unspecified atom stereocenters. The monoisotopic (exact) mass is 409 g/mol. The summed E-state index contributed by atoms with van der Waals surface area (Å²) in [6.07, 6.45) is 4.27. The van der Waals surface area contributed by atoms with Gasteiger partial charge in [0.2, 0.25) is 5.91 Å². The zero-order valence-electron chi connectivity index (χ0n) is 18.8. The van der Waals surface area contributed by atoms with Crippen LogP contribution in [0.1, 0.15) is 59.8 Å². The third kappa shape index (κ3) is 8.11. The van der Waals surface area contributed by atoms with E-state index in [0.717, 1.165) is 51.3 Å². The van der Waals surface area contributed by atoms with E-state index in [4.69, 9.17) is 9.73 Å². The molecule has 0 saturated carbocycles. The minimum atomic E-state index is -0.460. The van der Waals surface area contributed by atoms with Gasteiger partial charge in [0.25, 0.3) is 0 Å². The van der Waals surface area contributed by atoms with Crippen molar-refractivity contribution in [2.75, 3.05) is 39.8 Å². The van der Waals surface area contributed by atoms with Crippen molar-refractivity contribution < 1.29 is 14.3 Å². The average molecular weight is 410 g/mol. The maximum atomic E-state index is 12.3. The number of nitrogens with one attached hydrogen (secondary N) is 2. The average Bonchev–Trinajstić information content (AvgIpc) is 2.64. The summed E-state index contributed by atoms with van der Waals surface area (Å²) in [7, 11) is 1.85. The maximum absolute atomic E-state index is 12.3. The van der Waals surface area contributed by atoms with Gasteiger partial charge >= 0.3 is 6.09 Å². The Morgan fingerprint density at radius 1 is 1.28 bits per heavy atom. The first-order valence-corrected chi connectivity index (χ1v) is 10.9. The van der Waals surface area contributed by atoms with Crippen LogP contribution in [0.5, 0.6) is 0 Å². The van der Waals surface area contributed by atoms with Gasteiger partial charge in [-0.25, -0.2) is 4.79 Å². The normalized spacial score (nSPS) is 23.8. The molecule has 29 heavy (non-hydrogen) atoms. The number of ether oxygens (including phenoxy) is 1. The van der Waals surface area contributed by atoms with Gasteiger partial charge in [0.15, 0.2) is 5.96 Å². The lowest BCUT2D eigenvalue weighted by molar-refractivity contribution is -0.132. The Bertz CT molecular complexity index is 587. The highest BCUT2D eigenvalue weighted by Crippen LogP contribution is 2.21. The summed E-state index contributed by atoms with van der Waals surface area (Å²) >= 11 is 0. The summed E-state index contributed by atoms with van der Waals surface area (Å²) < 4.78 is 5.51. The summed E-state index contributed by atoms with van der Waals surface area (Å²) in [4.78, 5) is 32.3. The van der Waals surface area contributed by atoms with Crippen LogP contribution >= 0.6 is 0 Å². The quantitative estimate of drug-likeness (QED) is 0.537. The van der Waals surface area contributed by atoms with Crippen molar-refractivity contribution in [2.24, 2.45) is 10.9 Å². The molecule has 2 atom stereocenters. The van der Waals surface area contributed by atoms with Gasteiger partial charge in [0.1, 0.15) is 5.60 Å². The van der Waals surface area contributed by atoms with Crippen LogP contribution in [0.15, 0.2) is 4.99 Å². The van der Waals surface area contributed by atoms with Gasteiger partial charge in [-0.05, 0) is 59.3 Å². The Hall–Kier alpha value is -1.99. The molecular formula is C21H39N5O3. The molecule has 2 aliphatic rings. The number of piperidine rings is 2. The third-order valence-electron chi connectivity index (χ3n) is 5.29. The molecule has 2 amide bonds. The van der Waals surface area contributed by atoms with Crippen molar-refractivity contribution in [3.8, 4) is 0 Å². The fourth-order valence-electron chi connectivity index (χ4n) is 3.80. The van der Waals surface area contributed by atoms with E-state index in [9.17, 15) is 9.59 Å². The van der Waals surface area contributed by atoms with Crippen LogP contribution < -0.4 is 10.6 Å². The lowest BCUT2D eigenvalue weighted by Gasteiger charge is -2.34. The number of carbonyl (C=O) groups is 2. The minimum Gasteiger partial charge on any atom is -0.444 e. The van der Waals surface area contributed by atoms with Crippen molar-refractivity contribution in [3.05, 3.63) is 0 Å². The van der Waals surface area contributed by atoms with Crippen LogP contribution in [0.25, 0.3) is 0 Å². The standard InChI is InChI=1S/C21H39N5O3/c1-6-22-19(24-17-9-10-18(27)25(5)15-17)23-12-11-16-8-7-13-26(14-16)20(28)29-21(2,3)4/h16-17H,6-15H2,1-5H3,(H2,22,23,24). The highest BCUT2D eigenvalue weighted by atomic mass is 16.6. The molecule has 0 aromatic carbocycles. The van der Waals surface area contributed by atoms with E-state index < -0.39 is 5.60 Å². The molecule has 2 aliphatic heterocycles. The molecule has 166 valence electrons. The predicted octanol–water partition coefficient (Wildman–Crippen LogP) is 2.20. The molecule has 0 radical (unpaired) electrons. The second-order valence-electron chi connectivity index (χ2n) is 9.14. The van der Waals surface area contributed by atoms with Crippen molar-refractivity contribution in [2.45, 2.75) is 71.4 Å². The number of likely N-dealkylation sites (tertiary alicyclic amines) is 2. The predicted molar refractivity (Wildman–Crippen MR) is 115 cm³/mol. The number of carbonyl (C=O) groups excluding carboxylic acids is 2. The highest BCUT2D eigenvalue weighted by molar-refractivity contribution is 5.81. The van der Waals surface area contributed by atoms with Gasteiger partial charge in [-0.1, -0.05) is 0 Å². The zero-order valence-corrected chi connectivity index (χ0v) is 18.8. The number of rotatable bonds is 5. The van der Waals surface area contributed by atoms with Gasteiger partial charge in [-0.2, -0.15) is 0 Å². The van der Waals surface area contributed by atoms with Crippen molar-refractivity contribution in [1.29, 1.82) is 0 Å². The highest BCUT2D eigenvalue weighted by Gasteiger charge is 2.27. The molecule has 0 aromatic rings. The van der Waals surface area contributed by atoms with Gasteiger partial charge < -0.3 is 25.2 Å². The SMILES string of the molecule is CCNC(=NCCC1CCCN(C(=O)OC(C)(C)C)C1)NC1CCC(=O)N(C)C1. The number of guanidine groups is 1. The van der Waals surface area contributed by atoms with Crippen LogP contribution in [-0.4, -0.2) is 79.2 Å². The molecule has 2 rings (SSSR count). The molecule has 2 N–H and O–H groups in total. The molecular weight excluding hydrogens is 370 g/mol. The van der Waals surface area contributed by atoms with Crippen molar-refractivity contribution in [3.63, 3.8) is 0 Å². The zero-order chi connectivity index (χ0) is 21.4. The summed E-state index contributed by atoms with van der Waals surface area (Å²) in [6.45, 7) is 11.5. The van der Waals surface area contributed by atoms with Crippen LogP contribution in [0.2, 0.25) is 0 Å². The summed E-state index contributed by atoms with van der Waals surface area (Å²) in [5, 5.41) is 6.76. The van der Waals surface area contributed by atoms with E-state index in [1.165, 1.54) is 0 Å². The number of hydrogen-bond donors (Lipinski definition) is 2. The van der Waals surface area contributed by atoms with E-state index in [0.29, 0.717) is 25.4 Å². The number of aliphatic imine (C=N–C) groups is 1. The van der Waals surface area contributed by atoms with Crippen LogP contribution in [0, 0.1) is 5.92 Å². The fraction of sp³-hybridized carbons (Fsp3) is 0.857. The summed E-state index contributed by atoms with van der Waals surface area (Å²) in [5.74, 6) is 1.46. The number of amides is 2. The summed E-state index contributed by atoms with van der Waals surface area (Å²) in [6, 6.07) is 0.229. The van der Waals surface area contributed by atoms with Crippen molar-refractivity contribution in [1.82, 2.24) is 20.4 Å². The second-order valence-corrected chi connectivity index (χ2v) is 9.14. The fourth-order valence-corrected chi connectivity index (χ4v) is 3.80. The molecule has 8 nitrogen and oxygen atoms in total. The van der Waals surface area contributed by atoms with E-state index in [1.54, 1.807) is 4.90 Å². The first-order valence-electron chi connectivity index (χ1n) is 10.9. The lowest BCUT2D eigenvalue weighted by Crippen LogP contribution is -2.51. The van der Waals surface area contributed by atoms with Gasteiger partial charge in [0.05, 0.1) is 0 Å². The number of nitrogens with zero attached hydrogens (tertiary/aromatic N) is 3. The molecule has 0 spiro atoms. The maximum Gasteiger partial charge on any atom is 0.410 e. The van der Waals surface area contributed by atoms with Crippen LogP contribution in [0.4, 0.5) is 4.79 Å². The third-order valence-corrected chi connectivity index (χ3v) is 5.29. The Kier molecular flexibility index (Phi) is 8.59. The molecule has 0 bridgehead atoms. The Balaban J connectivity index is 1.82. The Morgan fingerprint density at radius 3 is 2.69 bits per heavy atom. The van der Waals surface area contributed by atoms with E-state index in [-0.39, 0.29) is 18.0 Å². The topological polar surface area (TPSA) is 86.3 Å². The van der Waals surface area contributed by atoms with Gasteiger partial charge in [-0.15, -0.1) is 0 Å². The summed E-state index contributed by atoms with van der Waals surface area (Å²) in [5.41, 5.74) is -0.460. The smallest absolute Gasteiger partial charge is 0.410 e. The Morgan fingerprint density at radius 2 is 2.03 bits per heavy atom. The van der Waals surface area contributed by atoms with Gasteiger partial charge in [-0.3, -0.25) is 9.79 Å². The second kappa shape index (κ2) is 10.7. The van der Waals surface area contributed by atoms with E-state index in [1.807, 2.05) is 39.6 Å². The first-order chi connectivity index (χ1) is 13.7. The number of likely N-dealkylation sites (N-methyl/N-ethyl adjacent to an activating group) is 1. The van der Waals surface area contributed by atoms with E-state index in [2.05, 4.69) is 10.6 Å². The lowest BCUT2D eigenvalue weighted by atomic mass is 9.95. The molecule has 0 aromatic heterocycles. The molecule has 2 saturated heterocycles. The molecule has 2 heterocycles. The Labute approximate surface area is 175 Å². The first kappa shape index (κ1) is 23.3. The molecule has 8 heteroatoms. The largest absolute Gasteiger partial charge is 0.444 e. The van der Waals surface area contributed by atoms with Crippen LogP contribution in [-0.2, 0) is 9.53 Å². The number of hydrogen-bond acceptors (Lipinski definition) is 4. The minimum absolute atomic E-state index is 0.205. The molecule has 2 fully saturated rings. The van der Waals surface area contributed by atoms with Crippen LogP contribution in [0.3, 0.4) is 0 Å². The van der Waals surface area contributed by atoms with E-state index >= 15 is 0 Å².